The van der Waals surface area contributed by atoms with Crippen LogP contribution in [0.25, 0.3) is 5.83 Å². The summed E-state index contributed by atoms with van der Waals surface area (Å²) in [4.78, 5) is 0. The maximum Gasteiger partial charge on any atom is 0.164 e. The van der Waals surface area contributed by atoms with Crippen LogP contribution in [0.2, 0.25) is 0 Å². The van der Waals surface area contributed by atoms with Crippen LogP contribution in [0, 0.1) is 11.6 Å². The Kier molecular flexibility index (Phi) is 3.08. The van der Waals surface area contributed by atoms with Crippen molar-refractivity contribution < 1.29 is 17.6 Å². The first-order valence-corrected chi connectivity index (χ1v) is 3.96. The van der Waals surface area contributed by atoms with Crippen LogP contribution in [0.4, 0.5) is 17.6 Å². The third-order valence-corrected chi connectivity index (χ3v) is 1.80. The number of hydrogen-bond acceptors (Lipinski definition) is 0. The van der Waals surface area contributed by atoms with Crippen molar-refractivity contribution in [3.05, 3.63) is 40.1 Å². The number of rotatable bonds is 1. The Morgan fingerprint density at radius 1 is 1.23 bits per heavy atom. The van der Waals surface area contributed by atoms with Crippen molar-refractivity contribution in [3.8, 4) is 0 Å². The Bertz CT molecular complexity index is 336. The minimum atomic E-state index is -1.57. The van der Waals surface area contributed by atoms with E-state index in [1.807, 2.05) is 0 Å². The molecule has 0 N–H and O–H groups in total. The molecule has 0 aliphatic carbocycles. The average molecular weight is 255 g/mol. The zero-order chi connectivity index (χ0) is 10.0. The van der Waals surface area contributed by atoms with E-state index in [1.165, 1.54) is 0 Å². The van der Waals surface area contributed by atoms with Gasteiger partial charge in [0.25, 0.3) is 0 Å². The SMILES string of the molecule is F/C=C(\F)c1c(F)cc(Br)cc1F. The average Bonchev–Trinajstić information content (AvgIpc) is 2.02. The van der Waals surface area contributed by atoms with E-state index in [4.69, 9.17) is 0 Å². The molecule has 0 radical (unpaired) electrons. The lowest BCUT2D eigenvalue weighted by atomic mass is 10.2. The molecule has 0 bridgehead atoms. The molecule has 0 unspecified atom stereocenters. The van der Waals surface area contributed by atoms with E-state index >= 15 is 0 Å². The van der Waals surface area contributed by atoms with Crippen LogP contribution in [0.1, 0.15) is 5.56 Å². The molecule has 0 nitrogen and oxygen atoms in total. The highest BCUT2D eigenvalue weighted by atomic mass is 79.9. The predicted octanol–water partition coefficient (Wildman–Crippen LogP) is 3.96. The van der Waals surface area contributed by atoms with Gasteiger partial charge < -0.3 is 0 Å². The van der Waals surface area contributed by atoms with Gasteiger partial charge in [-0.1, -0.05) is 15.9 Å². The van der Waals surface area contributed by atoms with Gasteiger partial charge in [-0.2, -0.15) is 0 Å². The first-order chi connectivity index (χ1) is 6.06. The van der Waals surface area contributed by atoms with Crippen molar-refractivity contribution >= 4 is 21.8 Å². The summed E-state index contributed by atoms with van der Waals surface area (Å²) in [5.74, 6) is -3.88. The van der Waals surface area contributed by atoms with Crippen LogP contribution in [-0.2, 0) is 0 Å². The monoisotopic (exact) mass is 254 g/mol. The standard InChI is InChI=1S/C8H3BrF4/c9-4-1-5(11)8(6(12)2-4)7(13)3-10/h1-3H/b7-3-. The van der Waals surface area contributed by atoms with Gasteiger partial charge in [0.1, 0.15) is 18.0 Å². The largest absolute Gasteiger partial charge is 0.212 e. The van der Waals surface area contributed by atoms with E-state index in [2.05, 4.69) is 15.9 Å². The molecule has 1 rings (SSSR count). The molecule has 0 aliphatic heterocycles. The molecular weight excluding hydrogens is 252 g/mol. The van der Waals surface area contributed by atoms with Crippen LogP contribution < -0.4 is 0 Å². The number of hydrogen-bond donors (Lipinski definition) is 0. The third-order valence-electron chi connectivity index (χ3n) is 1.34. The molecule has 0 aromatic heterocycles. The summed E-state index contributed by atoms with van der Waals surface area (Å²) in [7, 11) is 0. The highest BCUT2D eigenvalue weighted by Gasteiger charge is 2.14. The molecule has 1 aromatic rings. The summed E-state index contributed by atoms with van der Waals surface area (Å²) in [5.41, 5.74) is -0.995. The fourth-order valence-corrected chi connectivity index (χ4v) is 1.23. The second-order valence-corrected chi connectivity index (χ2v) is 3.12. The maximum absolute atomic E-state index is 12.8. The fraction of sp³-hybridized carbons (Fsp3) is 0. The van der Waals surface area contributed by atoms with Gasteiger partial charge >= 0.3 is 0 Å². The van der Waals surface area contributed by atoms with Crippen molar-refractivity contribution in [2.75, 3.05) is 0 Å². The lowest BCUT2D eigenvalue weighted by molar-refractivity contribution is 0.559. The number of benzene rings is 1. The quantitative estimate of drug-likeness (QED) is 0.666. The topological polar surface area (TPSA) is 0 Å². The molecule has 0 heterocycles. The zero-order valence-corrected chi connectivity index (χ0v) is 7.71. The van der Waals surface area contributed by atoms with Crippen molar-refractivity contribution in [2.24, 2.45) is 0 Å². The van der Waals surface area contributed by atoms with E-state index in [9.17, 15) is 17.6 Å². The molecule has 13 heavy (non-hydrogen) atoms. The van der Waals surface area contributed by atoms with Crippen LogP contribution in [0.15, 0.2) is 22.9 Å². The molecule has 0 fully saturated rings. The highest BCUT2D eigenvalue weighted by Crippen LogP contribution is 2.26. The molecule has 5 heteroatoms. The van der Waals surface area contributed by atoms with E-state index < -0.39 is 29.4 Å². The third kappa shape index (κ3) is 2.09. The molecule has 0 aliphatic rings. The Labute approximate surface area is 80.0 Å². The minimum absolute atomic E-state index is 0.123. The van der Waals surface area contributed by atoms with Crippen LogP contribution in [0.3, 0.4) is 0 Å². The van der Waals surface area contributed by atoms with Crippen molar-refractivity contribution in [1.82, 2.24) is 0 Å². The molecule has 0 saturated heterocycles. The van der Waals surface area contributed by atoms with Gasteiger partial charge in [-0.3, -0.25) is 0 Å². The van der Waals surface area contributed by atoms with E-state index in [1.54, 1.807) is 0 Å². The first kappa shape index (κ1) is 10.2. The molecular formula is C8H3BrF4. The summed E-state index contributed by atoms with van der Waals surface area (Å²) < 4.78 is 49.9. The summed E-state index contributed by atoms with van der Waals surface area (Å²) in [5, 5.41) is 0. The molecule has 0 spiro atoms. The summed E-state index contributed by atoms with van der Waals surface area (Å²) in [6.45, 7) is 0. The molecule has 0 saturated carbocycles. The van der Waals surface area contributed by atoms with Crippen LogP contribution in [-0.4, -0.2) is 0 Å². The van der Waals surface area contributed by atoms with Gasteiger partial charge in [0.2, 0.25) is 0 Å². The van der Waals surface area contributed by atoms with Gasteiger partial charge in [-0.05, 0) is 12.1 Å². The Hall–Kier alpha value is -0.840. The van der Waals surface area contributed by atoms with Gasteiger partial charge in [0.05, 0.1) is 5.56 Å². The van der Waals surface area contributed by atoms with Crippen LogP contribution in [0.5, 0.6) is 0 Å². The molecule has 0 amide bonds. The summed E-state index contributed by atoms with van der Waals surface area (Å²) in [6.07, 6.45) is -0.491. The number of halogens is 5. The smallest absolute Gasteiger partial charge is 0.164 e. The fourth-order valence-electron chi connectivity index (χ4n) is 0.825. The summed E-state index contributed by atoms with van der Waals surface area (Å²) >= 11 is 2.80. The zero-order valence-electron chi connectivity index (χ0n) is 6.12. The molecule has 1 aromatic carbocycles. The highest BCUT2D eigenvalue weighted by molar-refractivity contribution is 9.10. The van der Waals surface area contributed by atoms with Gasteiger partial charge in [0, 0.05) is 4.47 Å². The van der Waals surface area contributed by atoms with E-state index in [0.717, 1.165) is 12.1 Å². The normalized spacial score (nSPS) is 11.9. The van der Waals surface area contributed by atoms with E-state index in [-0.39, 0.29) is 4.47 Å². The molecule has 70 valence electrons. The Morgan fingerprint density at radius 3 is 2.08 bits per heavy atom. The van der Waals surface area contributed by atoms with Gasteiger partial charge in [0.15, 0.2) is 5.83 Å². The Morgan fingerprint density at radius 2 is 1.69 bits per heavy atom. The van der Waals surface area contributed by atoms with Gasteiger partial charge in [-0.25, -0.2) is 17.6 Å². The van der Waals surface area contributed by atoms with Crippen LogP contribution >= 0.6 is 15.9 Å². The van der Waals surface area contributed by atoms with Crippen molar-refractivity contribution in [2.45, 2.75) is 0 Å². The minimum Gasteiger partial charge on any atom is -0.212 e. The Balaban J connectivity index is 3.37. The first-order valence-electron chi connectivity index (χ1n) is 3.17. The second-order valence-electron chi connectivity index (χ2n) is 2.20. The van der Waals surface area contributed by atoms with Crippen molar-refractivity contribution in [1.29, 1.82) is 0 Å². The van der Waals surface area contributed by atoms with Gasteiger partial charge in [-0.15, -0.1) is 0 Å². The maximum atomic E-state index is 12.8. The summed E-state index contributed by atoms with van der Waals surface area (Å²) in [6, 6.07) is 1.70. The lowest BCUT2D eigenvalue weighted by Gasteiger charge is -2.01. The molecule has 0 atom stereocenters. The van der Waals surface area contributed by atoms with Crippen molar-refractivity contribution in [3.63, 3.8) is 0 Å². The predicted molar refractivity (Wildman–Crippen MR) is 44.3 cm³/mol. The second kappa shape index (κ2) is 3.91. The lowest BCUT2D eigenvalue weighted by Crippen LogP contribution is -1.91. The van der Waals surface area contributed by atoms with E-state index in [0.29, 0.717) is 0 Å².